The van der Waals surface area contributed by atoms with E-state index in [1.54, 1.807) is 0 Å². The zero-order valence-electron chi connectivity index (χ0n) is 7.75. The molecule has 72 valence electrons. The molecule has 1 aromatic carbocycles. The van der Waals surface area contributed by atoms with E-state index in [-0.39, 0.29) is 0 Å². The summed E-state index contributed by atoms with van der Waals surface area (Å²) in [7, 11) is 0. The van der Waals surface area contributed by atoms with Gasteiger partial charge in [-0.05, 0) is 12.1 Å². The summed E-state index contributed by atoms with van der Waals surface area (Å²) in [4.78, 5) is 0. The molecule has 0 amide bonds. The number of anilines is 1. The summed E-state index contributed by atoms with van der Waals surface area (Å²) in [6.07, 6.45) is 5.15. The molecule has 0 unspecified atom stereocenters. The van der Waals surface area contributed by atoms with E-state index in [2.05, 4.69) is 11.2 Å². The first-order chi connectivity index (χ1) is 6.90. The third-order valence-corrected chi connectivity index (χ3v) is 1.94. The van der Waals surface area contributed by atoms with Crippen molar-refractivity contribution in [2.24, 2.45) is 0 Å². The highest BCUT2D eigenvalue weighted by atomic mass is 16.6. The lowest BCUT2D eigenvalue weighted by Crippen LogP contribution is -2.15. The van der Waals surface area contributed by atoms with E-state index in [1.165, 1.54) is 0 Å². The molecule has 1 aliphatic rings. The van der Waals surface area contributed by atoms with Gasteiger partial charge in [0.25, 0.3) is 0 Å². The third-order valence-electron chi connectivity index (χ3n) is 1.94. The van der Waals surface area contributed by atoms with Gasteiger partial charge in [-0.2, -0.15) is 0 Å². The molecule has 1 N–H and O–H groups in total. The summed E-state index contributed by atoms with van der Waals surface area (Å²) in [5.41, 5.74) is 0.951. The Morgan fingerprint density at radius 3 is 2.86 bits per heavy atom. The topological polar surface area (TPSA) is 30.5 Å². The fourth-order valence-corrected chi connectivity index (χ4v) is 1.31. The zero-order chi connectivity index (χ0) is 9.80. The summed E-state index contributed by atoms with van der Waals surface area (Å²) in [5, 5.41) is 3.07. The molecule has 0 aromatic heterocycles. The van der Waals surface area contributed by atoms with Crippen molar-refractivity contribution >= 4 is 5.69 Å². The van der Waals surface area contributed by atoms with Crippen molar-refractivity contribution in [2.75, 3.05) is 25.1 Å². The summed E-state index contributed by atoms with van der Waals surface area (Å²) in [5.74, 6) is 4.08. The maximum Gasteiger partial charge on any atom is 0.163 e. The van der Waals surface area contributed by atoms with Gasteiger partial charge in [0.05, 0.1) is 6.54 Å². The van der Waals surface area contributed by atoms with Crippen LogP contribution in [-0.4, -0.2) is 19.8 Å². The molecule has 0 saturated heterocycles. The quantitative estimate of drug-likeness (QED) is 0.715. The lowest BCUT2D eigenvalue weighted by atomic mass is 10.2. The first kappa shape index (κ1) is 8.76. The first-order valence-electron chi connectivity index (χ1n) is 4.47. The van der Waals surface area contributed by atoms with Gasteiger partial charge in [-0.3, -0.25) is 0 Å². The van der Waals surface area contributed by atoms with Crippen molar-refractivity contribution in [2.45, 2.75) is 0 Å². The second-order valence-corrected chi connectivity index (χ2v) is 2.92. The van der Waals surface area contributed by atoms with Crippen LogP contribution in [0.5, 0.6) is 11.5 Å². The lowest BCUT2D eigenvalue weighted by Gasteiger charge is -2.18. The van der Waals surface area contributed by atoms with E-state index < -0.39 is 0 Å². The number of hydrogen-bond donors (Lipinski definition) is 1. The van der Waals surface area contributed by atoms with Crippen LogP contribution >= 0.6 is 0 Å². The Hall–Kier alpha value is -1.82. The van der Waals surface area contributed by atoms with Crippen molar-refractivity contribution in [1.82, 2.24) is 0 Å². The number of hydrogen-bond acceptors (Lipinski definition) is 3. The van der Waals surface area contributed by atoms with Crippen LogP contribution < -0.4 is 14.8 Å². The molecular formula is C11H11NO2. The molecule has 0 spiro atoms. The molecule has 3 heteroatoms. The van der Waals surface area contributed by atoms with Crippen LogP contribution in [0.3, 0.4) is 0 Å². The van der Waals surface area contributed by atoms with E-state index in [0.29, 0.717) is 19.8 Å². The summed E-state index contributed by atoms with van der Waals surface area (Å²) in [6, 6.07) is 5.70. The number of terminal acetylenes is 1. The van der Waals surface area contributed by atoms with E-state index in [1.807, 2.05) is 18.2 Å². The van der Waals surface area contributed by atoms with Gasteiger partial charge in [0.15, 0.2) is 11.5 Å². The van der Waals surface area contributed by atoms with Crippen molar-refractivity contribution in [1.29, 1.82) is 0 Å². The van der Waals surface area contributed by atoms with E-state index >= 15 is 0 Å². The van der Waals surface area contributed by atoms with Crippen LogP contribution in [0.25, 0.3) is 0 Å². The van der Waals surface area contributed by atoms with Gasteiger partial charge in [0.1, 0.15) is 13.2 Å². The SMILES string of the molecule is C#CCNc1ccc2c(c1)OCCO2. The second kappa shape index (κ2) is 3.93. The van der Waals surface area contributed by atoms with Crippen LogP contribution in [0.15, 0.2) is 18.2 Å². The van der Waals surface area contributed by atoms with Crippen LogP contribution in [0.1, 0.15) is 0 Å². The summed E-state index contributed by atoms with van der Waals surface area (Å²) < 4.78 is 10.8. The van der Waals surface area contributed by atoms with Gasteiger partial charge in [-0.25, -0.2) is 0 Å². The molecular weight excluding hydrogens is 178 g/mol. The molecule has 2 rings (SSSR count). The highest BCUT2D eigenvalue weighted by Gasteiger charge is 2.10. The molecule has 0 saturated carbocycles. The van der Waals surface area contributed by atoms with Crippen molar-refractivity contribution in [3.8, 4) is 23.8 Å². The monoisotopic (exact) mass is 189 g/mol. The van der Waals surface area contributed by atoms with Crippen LogP contribution in [-0.2, 0) is 0 Å². The van der Waals surface area contributed by atoms with Gasteiger partial charge < -0.3 is 14.8 Å². The number of benzene rings is 1. The smallest absolute Gasteiger partial charge is 0.163 e. The Morgan fingerprint density at radius 1 is 1.29 bits per heavy atom. The Labute approximate surface area is 83.0 Å². The highest BCUT2D eigenvalue weighted by Crippen LogP contribution is 2.32. The molecule has 0 radical (unpaired) electrons. The third kappa shape index (κ3) is 1.74. The minimum Gasteiger partial charge on any atom is -0.486 e. The van der Waals surface area contributed by atoms with Crippen LogP contribution in [0.2, 0.25) is 0 Å². The average molecular weight is 189 g/mol. The van der Waals surface area contributed by atoms with Crippen molar-refractivity contribution < 1.29 is 9.47 Å². The Balaban J connectivity index is 2.17. The molecule has 0 fully saturated rings. The Morgan fingerprint density at radius 2 is 2.07 bits per heavy atom. The predicted molar refractivity (Wildman–Crippen MR) is 54.8 cm³/mol. The standard InChI is InChI=1S/C11H11NO2/c1-2-5-12-9-3-4-10-11(8-9)14-7-6-13-10/h1,3-4,8,12H,5-7H2. The zero-order valence-corrected chi connectivity index (χ0v) is 7.75. The fourth-order valence-electron chi connectivity index (χ4n) is 1.31. The molecule has 14 heavy (non-hydrogen) atoms. The van der Waals surface area contributed by atoms with Crippen LogP contribution in [0.4, 0.5) is 5.69 Å². The molecule has 0 bridgehead atoms. The van der Waals surface area contributed by atoms with Gasteiger partial charge in [0.2, 0.25) is 0 Å². The molecule has 1 aliphatic heterocycles. The Bertz CT molecular complexity index is 368. The van der Waals surface area contributed by atoms with E-state index in [4.69, 9.17) is 15.9 Å². The van der Waals surface area contributed by atoms with E-state index in [9.17, 15) is 0 Å². The molecule has 0 aliphatic carbocycles. The molecule has 3 nitrogen and oxygen atoms in total. The van der Waals surface area contributed by atoms with Crippen molar-refractivity contribution in [3.05, 3.63) is 18.2 Å². The number of ether oxygens (including phenoxy) is 2. The normalized spacial score (nSPS) is 13.1. The molecule has 0 atom stereocenters. The predicted octanol–water partition coefficient (Wildman–Crippen LogP) is 1.50. The summed E-state index contributed by atoms with van der Waals surface area (Å²) in [6.45, 7) is 1.73. The van der Waals surface area contributed by atoms with Gasteiger partial charge in [-0.15, -0.1) is 6.42 Å². The van der Waals surface area contributed by atoms with Crippen molar-refractivity contribution in [3.63, 3.8) is 0 Å². The largest absolute Gasteiger partial charge is 0.486 e. The average Bonchev–Trinajstić information content (AvgIpc) is 2.26. The first-order valence-corrected chi connectivity index (χ1v) is 4.47. The van der Waals surface area contributed by atoms with E-state index in [0.717, 1.165) is 17.2 Å². The maximum absolute atomic E-state index is 5.43. The van der Waals surface area contributed by atoms with Gasteiger partial charge >= 0.3 is 0 Å². The maximum atomic E-state index is 5.43. The van der Waals surface area contributed by atoms with Gasteiger partial charge in [0, 0.05) is 11.8 Å². The lowest BCUT2D eigenvalue weighted by molar-refractivity contribution is 0.171. The molecule has 1 aromatic rings. The number of nitrogens with one attached hydrogen (secondary N) is 1. The second-order valence-electron chi connectivity index (χ2n) is 2.92. The molecule has 1 heterocycles. The minimum atomic E-state index is 0.514. The number of fused-ring (bicyclic) bond motifs is 1. The van der Waals surface area contributed by atoms with Crippen LogP contribution in [0, 0.1) is 12.3 Å². The Kier molecular flexibility index (Phi) is 2.46. The fraction of sp³-hybridized carbons (Fsp3) is 0.273. The van der Waals surface area contributed by atoms with Gasteiger partial charge in [-0.1, -0.05) is 5.92 Å². The summed E-state index contributed by atoms with van der Waals surface area (Å²) >= 11 is 0. The number of rotatable bonds is 2. The minimum absolute atomic E-state index is 0.514. The highest BCUT2D eigenvalue weighted by molar-refractivity contribution is 5.55.